The van der Waals surface area contributed by atoms with Gasteiger partial charge in [0.25, 0.3) is 5.91 Å². The van der Waals surface area contributed by atoms with E-state index < -0.39 is 22.9 Å². The number of hydrogen-bond acceptors (Lipinski definition) is 5. The Balaban J connectivity index is 1.30. The molecule has 49 heavy (non-hydrogen) atoms. The quantitative estimate of drug-likeness (QED) is 0.281. The fourth-order valence-corrected chi connectivity index (χ4v) is 12.5. The number of ether oxygens (including phenoxy) is 1. The molecule has 6 rings (SSSR count). The van der Waals surface area contributed by atoms with Crippen LogP contribution in [0.1, 0.15) is 137 Å². The number of carbonyl (C=O) groups is 4. The van der Waals surface area contributed by atoms with Crippen molar-refractivity contribution in [2.75, 3.05) is 0 Å². The number of carboxylic acids is 1. The summed E-state index contributed by atoms with van der Waals surface area (Å²) < 4.78 is 6.15. The summed E-state index contributed by atoms with van der Waals surface area (Å²) >= 11 is 0. The molecular formula is C42H59NO6. The number of rotatable bonds is 7. The normalized spacial score (nSPS) is 38.2. The van der Waals surface area contributed by atoms with Gasteiger partial charge in [0.15, 0.2) is 5.78 Å². The van der Waals surface area contributed by atoms with E-state index in [-0.39, 0.29) is 57.7 Å². The van der Waals surface area contributed by atoms with Crippen LogP contribution in [0.5, 0.6) is 0 Å². The van der Waals surface area contributed by atoms with E-state index in [9.17, 15) is 24.3 Å². The molecule has 8 atom stereocenters. The van der Waals surface area contributed by atoms with Crippen LogP contribution in [0.4, 0.5) is 0 Å². The molecule has 268 valence electrons. The largest absolute Gasteiger partial charge is 0.481 e. The zero-order chi connectivity index (χ0) is 35.9. The van der Waals surface area contributed by atoms with Gasteiger partial charge in [-0.3, -0.25) is 19.2 Å². The molecule has 7 nitrogen and oxygen atoms in total. The first-order valence-electron chi connectivity index (χ1n) is 18.8. The average molecular weight is 674 g/mol. The van der Waals surface area contributed by atoms with E-state index in [1.165, 1.54) is 5.57 Å². The molecule has 0 aromatic heterocycles. The molecule has 0 bridgehead atoms. The van der Waals surface area contributed by atoms with Crippen LogP contribution in [0.15, 0.2) is 41.5 Å². The van der Waals surface area contributed by atoms with Crippen LogP contribution in [0.2, 0.25) is 0 Å². The fraction of sp³-hybridized carbons (Fsp3) is 0.714. The molecule has 7 heteroatoms. The summed E-state index contributed by atoms with van der Waals surface area (Å²) in [6.07, 6.45) is 7.65. The molecule has 0 spiro atoms. The Morgan fingerprint density at radius 3 is 2.20 bits per heavy atom. The average Bonchev–Trinajstić information content (AvgIpc) is 3.30. The second-order valence-corrected chi connectivity index (χ2v) is 18.8. The van der Waals surface area contributed by atoms with Crippen LogP contribution in [-0.4, -0.2) is 40.4 Å². The highest BCUT2D eigenvalue weighted by Gasteiger charge is 2.70. The molecule has 5 aliphatic carbocycles. The third kappa shape index (κ3) is 5.34. The summed E-state index contributed by atoms with van der Waals surface area (Å²) in [7, 11) is 0. The van der Waals surface area contributed by atoms with Crippen molar-refractivity contribution in [3.05, 3.63) is 47.0 Å². The second-order valence-electron chi connectivity index (χ2n) is 18.8. The number of nitrogens with one attached hydrogen (secondary N) is 1. The highest BCUT2D eigenvalue weighted by Crippen LogP contribution is 2.76. The van der Waals surface area contributed by atoms with E-state index in [4.69, 9.17) is 4.74 Å². The van der Waals surface area contributed by atoms with Crippen molar-refractivity contribution in [2.45, 2.75) is 138 Å². The summed E-state index contributed by atoms with van der Waals surface area (Å²) in [6.45, 7) is 19.5. The van der Waals surface area contributed by atoms with Gasteiger partial charge in [0.1, 0.15) is 6.10 Å². The monoisotopic (exact) mass is 673 g/mol. The van der Waals surface area contributed by atoms with Gasteiger partial charge in [-0.25, -0.2) is 0 Å². The Morgan fingerprint density at radius 2 is 1.57 bits per heavy atom. The number of ketones is 1. The van der Waals surface area contributed by atoms with Crippen LogP contribution in [0, 0.1) is 50.7 Å². The molecule has 4 fully saturated rings. The Bertz CT molecular complexity index is 1570. The van der Waals surface area contributed by atoms with Crippen molar-refractivity contribution < 1.29 is 29.0 Å². The summed E-state index contributed by atoms with van der Waals surface area (Å²) in [5.41, 5.74) is 0.863. The maximum absolute atomic E-state index is 13.9. The summed E-state index contributed by atoms with van der Waals surface area (Å²) in [6, 6.07) is 9.39. The molecule has 0 heterocycles. The number of hydrogen-bond donors (Lipinski definition) is 2. The van der Waals surface area contributed by atoms with E-state index in [1.54, 1.807) is 13.8 Å². The van der Waals surface area contributed by atoms with Gasteiger partial charge in [0.2, 0.25) is 0 Å². The SMILES string of the molecule is CC(C)C1=C2[C@H]3CC[C@@H]4[C@@]5(C)CC[C@H](OC(=O)CC(C)(C)C(=O)O)C(C)(C)[C@@H]5CC[C@@]4(C)[C@]3(C)CC[C@@]2(NC(=O)c2ccccc2)CC1=O. The smallest absolute Gasteiger partial charge is 0.309 e. The highest BCUT2D eigenvalue weighted by atomic mass is 16.5. The van der Waals surface area contributed by atoms with Crippen molar-refractivity contribution in [1.82, 2.24) is 5.32 Å². The molecule has 0 saturated heterocycles. The maximum atomic E-state index is 13.9. The van der Waals surface area contributed by atoms with Crippen LogP contribution < -0.4 is 5.32 Å². The van der Waals surface area contributed by atoms with E-state index in [0.29, 0.717) is 23.8 Å². The van der Waals surface area contributed by atoms with Crippen molar-refractivity contribution >= 4 is 23.6 Å². The molecule has 0 aliphatic heterocycles. The van der Waals surface area contributed by atoms with Gasteiger partial charge in [0.05, 0.1) is 17.4 Å². The zero-order valence-corrected chi connectivity index (χ0v) is 31.3. The van der Waals surface area contributed by atoms with Gasteiger partial charge >= 0.3 is 11.9 Å². The molecule has 1 aromatic carbocycles. The van der Waals surface area contributed by atoms with Crippen LogP contribution in [-0.2, 0) is 19.1 Å². The Kier molecular flexibility index (Phi) is 8.63. The van der Waals surface area contributed by atoms with Crippen LogP contribution in [0.25, 0.3) is 0 Å². The molecule has 2 N–H and O–H groups in total. The minimum atomic E-state index is -1.16. The molecule has 1 aromatic rings. The first-order chi connectivity index (χ1) is 22.7. The number of amides is 1. The first kappa shape index (κ1) is 35.9. The fourth-order valence-electron chi connectivity index (χ4n) is 12.5. The lowest BCUT2D eigenvalue weighted by molar-refractivity contribution is -0.232. The Hall–Kier alpha value is -2.96. The zero-order valence-electron chi connectivity index (χ0n) is 31.3. The lowest BCUT2D eigenvalue weighted by Crippen LogP contribution is -2.67. The number of benzene rings is 1. The van der Waals surface area contributed by atoms with E-state index in [2.05, 4.69) is 53.8 Å². The predicted molar refractivity (Wildman–Crippen MR) is 190 cm³/mol. The number of carbonyl (C=O) groups excluding carboxylic acids is 3. The topological polar surface area (TPSA) is 110 Å². The van der Waals surface area contributed by atoms with Crippen molar-refractivity contribution in [3.8, 4) is 0 Å². The first-order valence-corrected chi connectivity index (χ1v) is 18.8. The molecule has 0 radical (unpaired) electrons. The number of Topliss-reactive ketones (excluding diaryl/α,β-unsaturated/α-hetero) is 1. The minimum absolute atomic E-state index is 0.0269. The second kappa shape index (κ2) is 11.8. The highest BCUT2D eigenvalue weighted by molar-refractivity contribution is 6.03. The number of carboxylic acid groups (broad SMARTS) is 1. The van der Waals surface area contributed by atoms with Gasteiger partial charge in [-0.1, -0.05) is 66.7 Å². The lowest BCUT2D eigenvalue weighted by Gasteiger charge is -2.72. The van der Waals surface area contributed by atoms with Crippen LogP contribution >= 0.6 is 0 Å². The molecule has 5 aliphatic rings. The predicted octanol–water partition coefficient (Wildman–Crippen LogP) is 8.56. The summed E-state index contributed by atoms with van der Waals surface area (Å²) in [5, 5.41) is 13.1. The maximum Gasteiger partial charge on any atom is 0.309 e. The van der Waals surface area contributed by atoms with Crippen molar-refractivity contribution in [2.24, 2.45) is 50.7 Å². The van der Waals surface area contributed by atoms with E-state index in [1.807, 2.05) is 30.3 Å². The summed E-state index contributed by atoms with van der Waals surface area (Å²) in [5.74, 6) is -0.146. The van der Waals surface area contributed by atoms with Crippen molar-refractivity contribution in [3.63, 3.8) is 0 Å². The Labute approximate surface area is 293 Å². The molecule has 4 saturated carbocycles. The number of esters is 1. The number of allylic oxidation sites excluding steroid dienone is 1. The standard InChI is InChI=1S/C42H59NO6/c1-25(2)33-28(44)23-42(43-35(46)26-13-11-10-12-14-26)22-21-40(8)27(34(33)42)15-16-30-39(7)19-18-31(49-32(45)24-37(3,4)36(47)48)38(5,6)29(39)17-20-41(30,40)9/h10-14,25,27,29-31H,15-24H2,1-9H3,(H,43,46)(H,47,48)/t27-,29+,30-,31+,39+,40-,41-,42-/m1/s1. The van der Waals surface area contributed by atoms with Gasteiger partial charge < -0.3 is 15.2 Å². The number of fused-ring (bicyclic) bond motifs is 7. The van der Waals surface area contributed by atoms with Gasteiger partial charge in [-0.05, 0) is 128 Å². The van der Waals surface area contributed by atoms with Gasteiger partial charge in [-0.2, -0.15) is 0 Å². The molecule has 0 unspecified atom stereocenters. The minimum Gasteiger partial charge on any atom is -0.481 e. The van der Waals surface area contributed by atoms with Crippen molar-refractivity contribution in [1.29, 1.82) is 0 Å². The van der Waals surface area contributed by atoms with E-state index in [0.717, 1.165) is 56.9 Å². The van der Waals surface area contributed by atoms with Crippen LogP contribution in [0.3, 0.4) is 0 Å². The summed E-state index contributed by atoms with van der Waals surface area (Å²) in [4.78, 5) is 52.4. The van der Waals surface area contributed by atoms with Gasteiger partial charge in [-0.15, -0.1) is 0 Å². The molecular weight excluding hydrogens is 614 g/mol. The molecule has 1 amide bonds. The van der Waals surface area contributed by atoms with E-state index >= 15 is 0 Å². The third-order valence-corrected chi connectivity index (χ3v) is 15.2. The number of aliphatic carboxylic acids is 1. The third-order valence-electron chi connectivity index (χ3n) is 15.2. The Morgan fingerprint density at radius 1 is 0.898 bits per heavy atom. The lowest BCUT2D eigenvalue weighted by atomic mass is 9.33. The van der Waals surface area contributed by atoms with Gasteiger partial charge in [0, 0.05) is 17.4 Å².